The minimum atomic E-state index is -0.628. The molecule has 4 rings (SSSR count). The zero-order valence-corrected chi connectivity index (χ0v) is 21.9. The van der Waals surface area contributed by atoms with Crippen LogP contribution in [0.5, 0.6) is 0 Å². The molecule has 0 saturated carbocycles. The number of hydrogen-bond donors (Lipinski definition) is 3. The van der Waals surface area contributed by atoms with Gasteiger partial charge < -0.3 is 16.0 Å². The van der Waals surface area contributed by atoms with Gasteiger partial charge in [0.15, 0.2) is 5.13 Å². The van der Waals surface area contributed by atoms with Gasteiger partial charge in [-0.05, 0) is 49.4 Å². The molecule has 3 N–H and O–H groups in total. The Morgan fingerprint density at radius 3 is 2.47 bits per heavy atom. The molecular formula is C28H23FN4O3S2. The number of amides is 3. The molecule has 0 fully saturated rings. The van der Waals surface area contributed by atoms with Crippen LogP contribution in [0.3, 0.4) is 0 Å². The molecule has 3 amide bonds. The first-order chi connectivity index (χ1) is 18.4. The second-order valence-electron chi connectivity index (χ2n) is 8.01. The van der Waals surface area contributed by atoms with Gasteiger partial charge in [0.2, 0.25) is 5.91 Å². The zero-order chi connectivity index (χ0) is 26.9. The Morgan fingerprint density at radius 2 is 1.74 bits per heavy atom. The molecule has 0 bridgehead atoms. The molecule has 1 heterocycles. The van der Waals surface area contributed by atoms with E-state index in [-0.39, 0.29) is 22.9 Å². The van der Waals surface area contributed by atoms with E-state index in [1.165, 1.54) is 47.4 Å². The number of anilines is 2. The number of carbonyl (C=O) groups excluding carboxylic acids is 3. The van der Waals surface area contributed by atoms with E-state index in [1.807, 2.05) is 18.4 Å². The van der Waals surface area contributed by atoms with Gasteiger partial charge >= 0.3 is 0 Å². The lowest BCUT2D eigenvalue weighted by atomic mass is 10.1. The highest BCUT2D eigenvalue weighted by molar-refractivity contribution is 8.00. The second kappa shape index (κ2) is 12.8. The summed E-state index contributed by atoms with van der Waals surface area (Å²) in [6.07, 6.45) is 1.29. The summed E-state index contributed by atoms with van der Waals surface area (Å²) in [6, 6.07) is 21.3. The predicted octanol–water partition coefficient (Wildman–Crippen LogP) is 5.73. The van der Waals surface area contributed by atoms with Gasteiger partial charge in [-0.2, -0.15) is 0 Å². The molecule has 0 radical (unpaired) electrons. The summed E-state index contributed by atoms with van der Waals surface area (Å²) in [5.74, 6) is -1.71. The summed E-state index contributed by atoms with van der Waals surface area (Å²) >= 11 is 2.65. The lowest BCUT2D eigenvalue weighted by Crippen LogP contribution is -2.30. The van der Waals surface area contributed by atoms with E-state index < -0.39 is 17.6 Å². The van der Waals surface area contributed by atoms with Crippen molar-refractivity contribution in [1.29, 1.82) is 0 Å². The largest absolute Gasteiger partial charge is 0.321 e. The third-order valence-corrected chi connectivity index (χ3v) is 6.93. The van der Waals surface area contributed by atoms with Crippen LogP contribution in [-0.4, -0.2) is 28.5 Å². The van der Waals surface area contributed by atoms with Gasteiger partial charge in [0.1, 0.15) is 11.5 Å². The minimum absolute atomic E-state index is 0.125. The van der Waals surface area contributed by atoms with E-state index in [0.29, 0.717) is 16.4 Å². The van der Waals surface area contributed by atoms with E-state index in [4.69, 9.17) is 0 Å². The average Bonchev–Trinajstić information content (AvgIpc) is 3.33. The SMILES string of the molecule is Cc1csc(NC(=O)CSc2cccc(NC(=O)/C(=C/c3ccccc3F)NC(=O)c3ccccc3)c2)n1. The standard InChI is InChI=1S/C28H23FN4O3S2/c1-18-16-38-28(30-18)33-25(34)17-37-22-12-7-11-21(15-22)31-27(36)24(14-20-10-5-6-13-23(20)29)32-26(35)19-8-3-2-4-9-19/h2-16H,17H2,1H3,(H,31,36)(H,32,35)(H,30,33,34)/b24-14-. The highest BCUT2D eigenvalue weighted by Crippen LogP contribution is 2.23. The normalized spacial score (nSPS) is 11.1. The molecule has 0 unspecified atom stereocenters. The number of thioether (sulfide) groups is 1. The number of aryl methyl sites for hydroxylation is 1. The third kappa shape index (κ3) is 7.61. The van der Waals surface area contributed by atoms with Gasteiger partial charge in [-0.25, -0.2) is 9.37 Å². The molecule has 192 valence electrons. The van der Waals surface area contributed by atoms with E-state index >= 15 is 0 Å². The van der Waals surface area contributed by atoms with Crippen LogP contribution in [0.1, 0.15) is 21.6 Å². The van der Waals surface area contributed by atoms with Crippen molar-refractivity contribution in [3.63, 3.8) is 0 Å². The average molecular weight is 547 g/mol. The van der Waals surface area contributed by atoms with Crippen LogP contribution >= 0.6 is 23.1 Å². The van der Waals surface area contributed by atoms with E-state index in [0.717, 1.165) is 10.6 Å². The maximum atomic E-state index is 14.3. The van der Waals surface area contributed by atoms with Crippen LogP contribution in [-0.2, 0) is 9.59 Å². The van der Waals surface area contributed by atoms with Gasteiger partial charge in [-0.1, -0.05) is 42.5 Å². The number of aromatic nitrogens is 1. The van der Waals surface area contributed by atoms with Crippen molar-refractivity contribution < 1.29 is 18.8 Å². The fraction of sp³-hybridized carbons (Fsp3) is 0.0714. The second-order valence-corrected chi connectivity index (χ2v) is 9.92. The van der Waals surface area contributed by atoms with Crippen molar-refractivity contribution in [2.45, 2.75) is 11.8 Å². The summed E-state index contributed by atoms with van der Waals surface area (Å²) in [5.41, 5.74) is 1.66. The Kier molecular flexibility index (Phi) is 9.02. The molecule has 4 aromatic rings. The maximum absolute atomic E-state index is 14.3. The molecule has 0 aliphatic heterocycles. The summed E-state index contributed by atoms with van der Waals surface area (Å²) < 4.78 is 14.3. The summed E-state index contributed by atoms with van der Waals surface area (Å²) in [4.78, 5) is 43.2. The quantitative estimate of drug-likeness (QED) is 0.184. The molecule has 3 aromatic carbocycles. The number of rotatable bonds is 9. The first-order valence-corrected chi connectivity index (χ1v) is 13.3. The maximum Gasteiger partial charge on any atom is 0.272 e. The molecule has 0 aliphatic carbocycles. The fourth-order valence-corrected chi connectivity index (χ4v) is 4.73. The smallest absolute Gasteiger partial charge is 0.272 e. The van der Waals surface area contributed by atoms with Crippen molar-refractivity contribution in [2.24, 2.45) is 0 Å². The summed E-state index contributed by atoms with van der Waals surface area (Å²) in [5, 5.41) is 10.5. The van der Waals surface area contributed by atoms with Crippen molar-refractivity contribution in [1.82, 2.24) is 10.3 Å². The first-order valence-electron chi connectivity index (χ1n) is 11.5. The number of hydrogen-bond acceptors (Lipinski definition) is 6. The molecule has 38 heavy (non-hydrogen) atoms. The predicted molar refractivity (Wildman–Crippen MR) is 150 cm³/mol. The molecular weight excluding hydrogens is 523 g/mol. The highest BCUT2D eigenvalue weighted by Gasteiger charge is 2.16. The monoisotopic (exact) mass is 546 g/mol. The number of nitrogens with one attached hydrogen (secondary N) is 3. The molecule has 0 spiro atoms. The van der Waals surface area contributed by atoms with E-state index in [9.17, 15) is 18.8 Å². The Bertz CT molecular complexity index is 1490. The fourth-order valence-electron chi connectivity index (χ4n) is 3.27. The Labute approximate surface area is 227 Å². The van der Waals surface area contributed by atoms with Gasteiger partial charge in [-0.15, -0.1) is 23.1 Å². The van der Waals surface area contributed by atoms with E-state index in [1.54, 1.807) is 54.6 Å². The van der Waals surface area contributed by atoms with E-state index in [2.05, 4.69) is 20.9 Å². The number of thiazole rings is 1. The Morgan fingerprint density at radius 1 is 0.974 bits per heavy atom. The molecule has 10 heteroatoms. The molecule has 0 atom stereocenters. The van der Waals surface area contributed by atoms with Crippen LogP contribution < -0.4 is 16.0 Å². The Hall–Kier alpha value is -4.28. The lowest BCUT2D eigenvalue weighted by Gasteiger charge is -2.12. The third-order valence-electron chi connectivity index (χ3n) is 5.06. The topological polar surface area (TPSA) is 100 Å². The van der Waals surface area contributed by atoms with Crippen LogP contribution in [0.15, 0.2) is 94.8 Å². The van der Waals surface area contributed by atoms with Gasteiger partial charge in [0.05, 0.1) is 11.4 Å². The summed E-state index contributed by atoms with van der Waals surface area (Å²) in [6.45, 7) is 1.85. The summed E-state index contributed by atoms with van der Waals surface area (Å²) in [7, 11) is 0. The number of carbonyl (C=O) groups is 3. The van der Waals surface area contributed by atoms with Crippen LogP contribution in [0.25, 0.3) is 6.08 Å². The van der Waals surface area contributed by atoms with Gasteiger partial charge in [-0.3, -0.25) is 14.4 Å². The number of halogens is 1. The van der Waals surface area contributed by atoms with Gasteiger partial charge in [0, 0.05) is 27.1 Å². The molecule has 0 aliphatic rings. The van der Waals surface area contributed by atoms with Crippen LogP contribution in [0, 0.1) is 12.7 Å². The van der Waals surface area contributed by atoms with Crippen LogP contribution in [0.4, 0.5) is 15.2 Å². The van der Waals surface area contributed by atoms with Crippen molar-refractivity contribution in [3.05, 3.63) is 113 Å². The molecule has 0 saturated heterocycles. The first kappa shape index (κ1) is 26.8. The van der Waals surface area contributed by atoms with Crippen molar-refractivity contribution >= 4 is 57.7 Å². The number of nitrogens with zero attached hydrogens (tertiary/aromatic N) is 1. The van der Waals surface area contributed by atoms with Gasteiger partial charge in [0.25, 0.3) is 11.8 Å². The Balaban J connectivity index is 1.46. The molecule has 1 aromatic heterocycles. The van der Waals surface area contributed by atoms with Crippen molar-refractivity contribution in [2.75, 3.05) is 16.4 Å². The minimum Gasteiger partial charge on any atom is -0.321 e. The van der Waals surface area contributed by atoms with Crippen molar-refractivity contribution in [3.8, 4) is 0 Å². The lowest BCUT2D eigenvalue weighted by molar-refractivity contribution is -0.114. The molecule has 7 nitrogen and oxygen atoms in total. The zero-order valence-electron chi connectivity index (χ0n) is 20.2. The highest BCUT2D eigenvalue weighted by atomic mass is 32.2. The number of benzene rings is 3. The van der Waals surface area contributed by atoms with Crippen LogP contribution in [0.2, 0.25) is 0 Å².